The van der Waals surface area contributed by atoms with Gasteiger partial charge in [-0.3, -0.25) is 4.79 Å². The minimum absolute atomic E-state index is 0. The average Bonchev–Trinajstić information content (AvgIpc) is 1.78. The summed E-state index contributed by atoms with van der Waals surface area (Å²) in [5.41, 5.74) is 4.72. The van der Waals surface area contributed by atoms with Crippen molar-refractivity contribution >= 4 is 18.3 Å². The van der Waals surface area contributed by atoms with Gasteiger partial charge in [-0.25, -0.2) is 0 Å². The lowest BCUT2D eigenvalue weighted by molar-refractivity contribution is -0.136. The lowest BCUT2D eigenvalue weighted by atomic mass is 10.2. The SMILES string of the molecule is Cl.NC(=O)CCCCC(F)(F)F. The number of rotatable bonds is 4. The van der Waals surface area contributed by atoms with E-state index in [1.807, 2.05) is 0 Å². The second-order valence-corrected chi connectivity index (χ2v) is 2.29. The molecule has 0 radical (unpaired) electrons. The highest BCUT2D eigenvalue weighted by Gasteiger charge is 2.25. The van der Waals surface area contributed by atoms with Crippen LogP contribution in [0.25, 0.3) is 0 Å². The van der Waals surface area contributed by atoms with Crippen LogP contribution in [-0.2, 0) is 4.79 Å². The van der Waals surface area contributed by atoms with Crippen molar-refractivity contribution in [2.75, 3.05) is 0 Å². The standard InChI is InChI=1S/C6H10F3NO.ClH/c7-6(8,9)4-2-1-3-5(10)11;/h1-4H2,(H2,10,11);1H. The van der Waals surface area contributed by atoms with E-state index in [9.17, 15) is 18.0 Å². The molecule has 2 N–H and O–H groups in total. The molecule has 2 nitrogen and oxygen atoms in total. The summed E-state index contributed by atoms with van der Waals surface area (Å²) >= 11 is 0. The van der Waals surface area contributed by atoms with Crippen LogP contribution in [0.5, 0.6) is 0 Å². The molecule has 0 rings (SSSR count). The Labute approximate surface area is 74.7 Å². The summed E-state index contributed by atoms with van der Waals surface area (Å²) in [5, 5.41) is 0. The van der Waals surface area contributed by atoms with Gasteiger partial charge in [0.1, 0.15) is 0 Å². The molecule has 0 atom stereocenters. The predicted octanol–water partition coefficient (Wildman–Crippen LogP) is 2.02. The van der Waals surface area contributed by atoms with Crippen molar-refractivity contribution in [3.63, 3.8) is 0 Å². The van der Waals surface area contributed by atoms with Crippen LogP contribution < -0.4 is 5.73 Å². The van der Waals surface area contributed by atoms with Crippen molar-refractivity contribution in [2.45, 2.75) is 31.9 Å². The Morgan fingerprint density at radius 2 is 1.75 bits per heavy atom. The number of halogens is 4. The normalized spacial score (nSPS) is 10.6. The molecule has 0 spiro atoms. The van der Waals surface area contributed by atoms with Gasteiger partial charge in [-0.05, 0) is 12.8 Å². The van der Waals surface area contributed by atoms with Gasteiger partial charge in [0.25, 0.3) is 0 Å². The predicted molar refractivity (Wildman–Crippen MR) is 41.0 cm³/mol. The quantitative estimate of drug-likeness (QED) is 0.701. The molecular weight excluding hydrogens is 195 g/mol. The van der Waals surface area contributed by atoms with E-state index in [4.69, 9.17) is 5.73 Å². The van der Waals surface area contributed by atoms with Gasteiger partial charge >= 0.3 is 6.18 Å². The minimum atomic E-state index is -4.11. The maximum atomic E-state index is 11.5. The van der Waals surface area contributed by atoms with Gasteiger partial charge in [-0.15, -0.1) is 12.4 Å². The number of nitrogens with two attached hydrogens (primary N) is 1. The fourth-order valence-corrected chi connectivity index (χ4v) is 0.625. The first kappa shape index (κ1) is 14.1. The molecule has 0 aromatic carbocycles. The lowest BCUT2D eigenvalue weighted by Crippen LogP contribution is -2.11. The second-order valence-electron chi connectivity index (χ2n) is 2.29. The number of carbonyl (C=O) groups excluding carboxylic acids is 1. The van der Waals surface area contributed by atoms with Gasteiger partial charge in [-0.1, -0.05) is 0 Å². The number of primary amides is 1. The summed E-state index contributed by atoms with van der Waals surface area (Å²) in [5.74, 6) is -0.549. The smallest absolute Gasteiger partial charge is 0.370 e. The Bertz CT molecular complexity index is 137. The second kappa shape index (κ2) is 6.11. The van der Waals surface area contributed by atoms with E-state index in [2.05, 4.69) is 0 Å². The zero-order valence-corrected chi connectivity index (χ0v) is 7.17. The molecule has 0 aliphatic rings. The monoisotopic (exact) mass is 205 g/mol. The molecule has 0 aromatic heterocycles. The van der Waals surface area contributed by atoms with Gasteiger partial charge in [0, 0.05) is 12.8 Å². The Morgan fingerprint density at radius 3 is 2.08 bits per heavy atom. The average molecular weight is 206 g/mol. The molecule has 12 heavy (non-hydrogen) atoms. The lowest BCUT2D eigenvalue weighted by Gasteiger charge is -2.03. The maximum Gasteiger partial charge on any atom is 0.389 e. The van der Waals surface area contributed by atoms with Crippen LogP contribution in [0.15, 0.2) is 0 Å². The van der Waals surface area contributed by atoms with Gasteiger partial charge in [0.2, 0.25) is 5.91 Å². The van der Waals surface area contributed by atoms with Crippen LogP contribution in [-0.4, -0.2) is 12.1 Å². The molecule has 0 heterocycles. The number of alkyl halides is 3. The molecule has 0 aromatic rings. The molecule has 0 aliphatic heterocycles. The third-order valence-corrected chi connectivity index (χ3v) is 1.13. The van der Waals surface area contributed by atoms with Crippen LogP contribution in [0.3, 0.4) is 0 Å². The minimum Gasteiger partial charge on any atom is -0.370 e. The first-order valence-corrected chi connectivity index (χ1v) is 3.27. The summed E-state index contributed by atoms with van der Waals surface area (Å²) in [6.07, 6.45) is -4.71. The molecule has 0 fully saturated rings. The molecule has 0 bridgehead atoms. The van der Waals surface area contributed by atoms with E-state index in [1.165, 1.54) is 0 Å². The van der Waals surface area contributed by atoms with Gasteiger partial charge in [-0.2, -0.15) is 13.2 Å². The van der Waals surface area contributed by atoms with Crippen LogP contribution in [0.4, 0.5) is 13.2 Å². The summed E-state index contributed by atoms with van der Waals surface area (Å²) < 4.78 is 34.4. The number of amides is 1. The first-order valence-electron chi connectivity index (χ1n) is 3.27. The molecule has 0 unspecified atom stereocenters. The van der Waals surface area contributed by atoms with Crippen LogP contribution in [0.2, 0.25) is 0 Å². The number of unbranched alkanes of at least 4 members (excludes halogenated alkanes) is 1. The topological polar surface area (TPSA) is 43.1 Å². The van der Waals surface area contributed by atoms with Crippen molar-refractivity contribution in [2.24, 2.45) is 5.73 Å². The Kier molecular flexibility index (Phi) is 7.18. The summed E-state index contributed by atoms with van der Waals surface area (Å²) in [6, 6.07) is 0. The van der Waals surface area contributed by atoms with E-state index in [1.54, 1.807) is 0 Å². The number of carbonyl (C=O) groups is 1. The molecule has 1 amide bonds. The Hall–Kier alpha value is -0.450. The highest BCUT2D eigenvalue weighted by Crippen LogP contribution is 2.22. The Morgan fingerprint density at radius 1 is 1.25 bits per heavy atom. The molecule has 74 valence electrons. The van der Waals surface area contributed by atoms with Crippen LogP contribution >= 0.6 is 12.4 Å². The van der Waals surface area contributed by atoms with Crippen molar-refractivity contribution in [1.29, 1.82) is 0 Å². The van der Waals surface area contributed by atoms with Gasteiger partial charge in [0.15, 0.2) is 0 Å². The van der Waals surface area contributed by atoms with Crippen LogP contribution in [0.1, 0.15) is 25.7 Å². The van der Waals surface area contributed by atoms with Gasteiger partial charge < -0.3 is 5.73 Å². The van der Waals surface area contributed by atoms with E-state index in [0.717, 1.165) is 0 Å². The van der Waals surface area contributed by atoms with Crippen LogP contribution in [0, 0.1) is 0 Å². The summed E-state index contributed by atoms with van der Waals surface area (Å²) in [4.78, 5) is 10.1. The van der Waals surface area contributed by atoms with Crippen molar-refractivity contribution in [1.82, 2.24) is 0 Å². The Balaban J connectivity index is 0. The van der Waals surface area contributed by atoms with E-state index < -0.39 is 18.5 Å². The van der Waals surface area contributed by atoms with E-state index in [-0.39, 0.29) is 31.7 Å². The largest absolute Gasteiger partial charge is 0.389 e. The van der Waals surface area contributed by atoms with Gasteiger partial charge in [0.05, 0.1) is 0 Å². The summed E-state index contributed by atoms with van der Waals surface area (Å²) in [6.45, 7) is 0. The van der Waals surface area contributed by atoms with E-state index in [0.29, 0.717) is 0 Å². The van der Waals surface area contributed by atoms with Crippen molar-refractivity contribution < 1.29 is 18.0 Å². The van der Waals surface area contributed by atoms with E-state index >= 15 is 0 Å². The third kappa shape index (κ3) is 12.2. The summed E-state index contributed by atoms with van der Waals surface area (Å²) in [7, 11) is 0. The van der Waals surface area contributed by atoms with Crippen molar-refractivity contribution in [3.8, 4) is 0 Å². The van der Waals surface area contributed by atoms with Crippen molar-refractivity contribution in [3.05, 3.63) is 0 Å². The highest BCUT2D eigenvalue weighted by molar-refractivity contribution is 5.85. The fourth-order valence-electron chi connectivity index (χ4n) is 0.625. The molecule has 0 saturated heterocycles. The zero-order valence-electron chi connectivity index (χ0n) is 6.36. The third-order valence-electron chi connectivity index (χ3n) is 1.13. The number of hydrogen-bond donors (Lipinski definition) is 1. The molecule has 6 heteroatoms. The molecular formula is C6H11ClF3NO. The highest BCUT2D eigenvalue weighted by atomic mass is 35.5. The first-order chi connectivity index (χ1) is 4.92. The number of hydrogen-bond acceptors (Lipinski definition) is 1. The molecule has 0 aliphatic carbocycles. The zero-order chi connectivity index (χ0) is 8.91. The molecule has 0 saturated carbocycles. The fraction of sp³-hybridized carbons (Fsp3) is 0.833. The maximum absolute atomic E-state index is 11.5.